The Morgan fingerprint density at radius 2 is 1.95 bits per heavy atom. The molecule has 1 aromatic carbocycles. The summed E-state index contributed by atoms with van der Waals surface area (Å²) in [6, 6.07) is 12.6. The van der Waals surface area contributed by atoms with E-state index in [1.54, 1.807) is 11.3 Å². The van der Waals surface area contributed by atoms with Crippen molar-refractivity contribution in [1.82, 2.24) is 9.97 Å². The molecule has 0 amide bonds. The van der Waals surface area contributed by atoms with Gasteiger partial charge in [-0.2, -0.15) is 4.98 Å². The number of rotatable bonds is 4. The Labute approximate surface area is 128 Å². The van der Waals surface area contributed by atoms with Gasteiger partial charge in [-0.25, -0.2) is 4.98 Å². The molecule has 0 radical (unpaired) electrons. The number of hydrogen-bond acceptors (Lipinski definition) is 5. The average Bonchev–Trinajstić information content (AvgIpc) is 2.87. The predicted molar refractivity (Wildman–Crippen MR) is 90.2 cm³/mol. The number of nitrogens with one attached hydrogen (secondary N) is 1. The van der Waals surface area contributed by atoms with Gasteiger partial charge in [-0.1, -0.05) is 30.3 Å². The van der Waals surface area contributed by atoms with E-state index in [1.807, 2.05) is 13.1 Å². The molecule has 3 aromatic rings. The van der Waals surface area contributed by atoms with Crippen LogP contribution in [0.3, 0.4) is 0 Å². The van der Waals surface area contributed by atoms with E-state index in [9.17, 15) is 0 Å². The standard InChI is InChI=1S/C16H18N4S/c1-11-9-13-14(18-16(17-2)19-15(13)21-11)20(3)10-12-7-5-4-6-8-12/h4-9H,10H2,1-3H3,(H,17,18,19). The van der Waals surface area contributed by atoms with E-state index >= 15 is 0 Å². The van der Waals surface area contributed by atoms with Gasteiger partial charge in [0.1, 0.15) is 10.6 Å². The quantitative estimate of drug-likeness (QED) is 0.798. The van der Waals surface area contributed by atoms with Gasteiger partial charge in [0.15, 0.2) is 0 Å². The molecule has 0 spiro atoms. The number of aromatic nitrogens is 2. The maximum Gasteiger partial charge on any atom is 0.225 e. The molecule has 21 heavy (non-hydrogen) atoms. The zero-order valence-corrected chi connectivity index (χ0v) is 13.2. The van der Waals surface area contributed by atoms with E-state index in [4.69, 9.17) is 0 Å². The molecule has 0 saturated carbocycles. The van der Waals surface area contributed by atoms with Crippen LogP contribution in [0.25, 0.3) is 10.2 Å². The van der Waals surface area contributed by atoms with Crippen molar-refractivity contribution < 1.29 is 0 Å². The van der Waals surface area contributed by atoms with Gasteiger partial charge in [0, 0.05) is 25.5 Å². The molecule has 2 aromatic heterocycles. The number of fused-ring (bicyclic) bond motifs is 1. The van der Waals surface area contributed by atoms with Crippen molar-refractivity contribution in [2.45, 2.75) is 13.5 Å². The van der Waals surface area contributed by atoms with Crippen LogP contribution in [0.1, 0.15) is 10.4 Å². The fourth-order valence-electron chi connectivity index (χ4n) is 2.36. The molecule has 0 saturated heterocycles. The highest BCUT2D eigenvalue weighted by Crippen LogP contribution is 2.31. The number of anilines is 2. The normalized spacial score (nSPS) is 10.8. The van der Waals surface area contributed by atoms with Gasteiger partial charge in [0.2, 0.25) is 5.95 Å². The molecular formula is C16H18N4S. The molecule has 0 aliphatic heterocycles. The van der Waals surface area contributed by atoms with Gasteiger partial charge in [-0.15, -0.1) is 11.3 Å². The van der Waals surface area contributed by atoms with E-state index in [0.717, 1.165) is 22.6 Å². The molecule has 1 N–H and O–H groups in total. The summed E-state index contributed by atoms with van der Waals surface area (Å²) < 4.78 is 0. The number of nitrogens with zero attached hydrogens (tertiary/aromatic N) is 3. The summed E-state index contributed by atoms with van der Waals surface area (Å²) >= 11 is 1.70. The number of benzene rings is 1. The zero-order chi connectivity index (χ0) is 14.8. The van der Waals surface area contributed by atoms with Crippen molar-refractivity contribution in [3.8, 4) is 0 Å². The van der Waals surface area contributed by atoms with Crippen molar-refractivity contribution in [1.29, 1.82) is 0 Å². The lowest BCUT2D eigenvalue weighted by Crippen LogP contribution is -2.18. The molecule has 108 valence electrons. The van der Waals surface area contributed by atoms with Crippen molar-refractivity contribution >= 4 is 33.3 Å². The number of thiophene rings is 1. The van der Waals surface area contributed by atoms with Gasteiger partial charge >= 0.3 is 0 Å². The molecule has 0 aliphatic carbocycles. The Kier molecular flexibility index (Phi) is 3.75. The largest absolute Gasteiger partial charge is 0.357 e. The van der Waals surface area contributed by atoms with Crippen LogP contribution in [0, 0.1) is 6.92 Å². The number of aryl methyl sites for hydroxylation is 1. The van der Waals surface area contributed by atoms with Gasteiger partial charge in [-0.05, 0) is 18.6 Å². The minimum atomic E-state index is 0.666. The molecule has 3 rings (SSSR count). The Hall–Kier alpha value is -2.14. The second-order valence-corrected chi connectivity index (χ2v) is 6.27. The topological polar surface area (TPSA) is 41.1 Å². The van der Waals surface area contributed by atoms with Gasteiger partial charge < -0.3 is 10.2 Å². The van der Waals surface area contributed by atoms with Crippen LogP contribution in [0.2, 0.25) is 0 Å². The summed E-state index contributed by atoms with van der Waals surface area (Å²) in [5.41, 5.74) is 1.27. The second kappa shape index (κ2) is 5.69. The molecule has 0 bridgehead atoms. The molecule has 5 heteroatoms. The first kappa shape index (κ1) is 13.8. The van der Waals surface area contributed by atoms with E-state index in [2.05, 4.69) is 64.5 Å². The summed E-state index contributed by atoms with van der Waals surface area (Å²) in [7, 11) is 3.92. The molecule has 2 heterocycles. The molecule has 0 fully saturated rings. The molecule has 4 nitrogen and oxygen atoms in total. The minimum absolute atomic E-state index is 0.666. The highest BCUT2D eigenvalue weighted by atomic mass is 32.1. The van der Waals surface area contributed by atoms with Crippen LogP contribution in [-0.4, -0.2) is 24.1 Å². The summed E-state index contributed by atoms with van der Waals surface area (Å²) in [4.78, 5) is 13.6. The molecule has 0 atom stereocenters. The van der Waals surface area contributed by atoms with E-state index in [1.165, 1.54) is 10.4 Å². The lowest BCUT2D eigenvalue weighted by molar-refractivity contribution is 0.902. The Balaban J connectivity index is 2.01. The van der Waals surface area contributed by atoms with Crippen LogP contribution in [-0.2, 0) is 6.54 Å². The smallest absolute Gasteiger partial charge is 0.225 e. The summed E-state index contributed by atoms with van der Waals surface area (Å²) in [5.74, 6) is 1.64. The van der Waals surface area contributed by atoms with Crippen LogP contribution in [0.4, 0.5) is 11.8 Å². The van der Waals surface area contributed by atoms with E-state index < -0.39 is 0 Å². The molecule has 0 aliphatic rings. The monoisotopic (exact) mass is 298 g/mol. The second-order valence-electron chi connectivity index (χ2n) is 5.04. The van der Waals surface area contributed by atoms with Crippen molar-refractivity contribution in [3.05, 3.63) is 46.8 Å². The van der Waals surface area contributed by atoms with Crippen LogP contribution >= 0.6 is 11.3 Å². The third kappa shape index (κ3) is 2.83. The third-order valence-corrected chi connectivity index (χ3v) is 4.29. The van der Waals surface area contributed by atoms with Crippen LogP contribution in [0.5, 0.6) is 0 Å². The Morgan fingerprint density at radius 3 is 2.67 bits per heavy atom. The first-order valence-electron chi connectivity index (χ1n) is 6.88. The van der Waals surface area contributed by atoms with Crippen molar-refractivity contribution in [2.75, 3.05) is 24.3 Å². The first-order chi connectivity index (χ1) is 10.2. The van der Waals surface area contributed by atoms with Crippen molar-refractivity contribution in [3.63, 3.8) is 0 Å². The fraction of sp³-hybridized carbons (Fsp3) is 0.250. The zero-order valence-electron chi connectivity index (χ0n) is 12.4. The minimum Gasteiger partial charge on any atom is -0.357 e. The summed E-state index contributed by atoms with van der Waals surface area (Å²) in [6.45, 7) is 2.93. The van der Waals surface area contributed by atoms with Crippen molar-refractivity contribution in [2.24, 2.45) is 0 Å². The highest BCUT2D eigenvalue weighted by Gasteiger charge is 2.13. The van der Waals surface area contributed by atoms with Gasteiger partial charge in [-0.3, -0.25) is 0 Å². The third-order valence-electron chi connectivity index (χ3n) is 3.34. The Bertz CT molecular complexity index is 752. The maximum atomic E-state index is 4.64. The summed E-state index contributed by atoms with van der Waals surface area (Å²) in [6.07, 6.45) is 0. The average molecular weight is 298 g/mol. The van der Waals surface area contributed by atoms with Gasteiger partial charge in [0.25, 0.3) is 0 Å². The lowest BCUT2D eigenvalue weighted by Gasteiger charge is -2.19. The van der Waals surface area contributed by atoms with Crippen LogP contribution in [0.15, 0.2) is 36.4 Å². The summed E-state index contributed by atoms with van der Waals surface area (Å²) in [5, 5.41) is 4.17. The SMILES string of the molecule is CNc1nc(N(C)Cc2ccccc2)c2cc(C)sc2n1. The van der Waals surface area contributed by atoms with Gasteiger partial charge in [0.05, 0.1) is 5.39 Å². The maximum absolute atomic E-state index is 4.64. The predicted octanol–water partition coefficient (Wildman–Crippen LogP) is 3.68. The molecule has 0 unspecified atom stereocenters. The van der Waals surface area contributed by atoms with Crippen LogP contribution < -0.4 is 10.2 Å². The lowest BCUT2D eigenvalue weighted by atomic mass is 10.2. The Morgan fingerprint density at radius 1 is 1.19 bits per heavy atom. The first-order valence-corrected chi connectivity index (χ1v) is 7.70. The fourth-order valence-corrected chi connectivity index (χ4v) is 3.24. The number of hydrogen-bond donors (Lipinski definition) is 1. The van der Waals surface area contributed by atoms with E-state index in [0.29, 0.717) is 5.95 Å². The molecular weight excluding hydrogens is 280 g/mol. The van der Waals surface area contributed by atoms with E-state index in [-0.39, 0.29) is 0 Å². The highest BCUT2D eigenvalue weighted by molar-refractivity contribution is 7.18.